The SMILES string of the molecule is CCCOc1ccc(/C=C2\N=C(c3cc(F)c(F)cc3Cl)OC2=O)cc1. The number of ether oxygens (including phenoxy) is 2. The maximum atomic E-state index is 13.4. The van der Waals surface area contributed by atoms with E-state index in [0.29, 0.717) is 12.2 Å². The van der Waals surface area contributed by atoms with Crippen molar-refractivity contribution in [2.24, 2.45) is 4.99 Å². The molecule has 0 aliphatic carbocycles. The Balaban J connectivity index is 1.86. The maximum absolute atomic E-state index is 13.4. The molecule has 1 aliphatic heterocycles. The van der Waals surface area contributed by atoms with Crippen molar-refractivity contribution in [3.63, 3.8) is 0 Å². The molecular weight excluding hydrogens is 364 g/mol. The van der Waals surface area contributed by atoms with Crippen molar-refractivity contribution in [2.45, 2.75) is 13.3 Å². The quantitative estimate of drug-likeness (QED) is 0.429. The van der Waals surface area contributed by atoms with Gasteiger partial charge in [0.1, 0.15) is 5.75 Å². The van der Waals surface area contributed by atoms with Gasteiger partial charge >= 0.3 is 5.97 Å². The number of carbonyl (C=O) groups is 1. The van der Waals surface area contributed by atoms with Crippen LogP contribution in [-0.4, -0.2) is 18.5 Å². The van der Waals surface area contributed by atoms with Crippen molar-refractivity contribution in [1.82, 2.24) is 0 Å². The van der Waals surface area contributed by atoms with Crippen LogP contribution in [0.4, 0.5) is 8.78 Å². The molecule has 0 spiro atoms. The minimum atomic E-state index is -1.11. The Hall–Kier alpha value is -2.73. The fraction of sp³-hybridized carbons (Fsp3) is 0.158. The number of aliphatic imine (C=N–C) groups is 1. The Morgan fingerprint density at radius 2 is 1.88 bits per heavy atom. The van der Waals surface area contributed by atoms with Crippen LogP contribution >= 0.6 is 11.6 Å². The molecule has 0 saturated heterocycles. The number of hydrogen-bond donors (Lipinski definition) is 0. The van der Waals surface area contributed by atoms with Gasteiger partial charge in [0, 0.05) is 0 Å². The molecular formula is C19H14ClF2NO3. The van der Waals surface area contributed by atoms with Crippen LogP contribution in [0.1, 0.15) is 24.5 Å². The van der Waals surface area contributed by atoms with E-state index in [4.69, 9.17) is 21.1 Å². The zero-order valence-electron chi connectivity index (χ0n) is 13.8. The number of hydrogen-bond acceptors (Lipinski definition) is 4. The minimum Gasteiger partial charge on any atom is -0.494 e. The van der Waals surface area contributed by atoms with Crippen molar-refractivity contribution < 1.29 is 23.0 Å². The van der Waals surface area contributed by atoms with Crippen LogP contribution in [0, 0.1) is 11.6 Å². The minimum absolute atomic E-state index is 0.00521. The van der Waals surface area contributed by atoms with E-state index >= 15 is 0 Å². The van der Waals surface area contributed by atoms with Gasteiger partial charge in [-0.2, -0.15) is 0 Å². The maximum Gasteiger partial charge on any atom is 0.363 e. The van der Waals surface area contributed by atoms with Gasteiger partial charge in [0.25, 0.3) is 0 Å². The second-order valence-corrected chi connectivity index (χ2v) is 5.91. The number of halogens is 3. The Morgan fingerprint density at radius 3 is 2.58 bits per heavy atom. The Kier molecular flexibility index (Phi) is 5.32. The molecule has 4 nitrogen and oxygen atoms in total. The molecule has 2 aromatic carbocycles. The summed E-state index contributed by atoms with van der Waals surface area (Å²) in [5, 5.41) is -0.103. The highest BCUT2D eigenvalue weighted by Crippen LogP contribution is 2.26. The van der Waals surface area contributed by atoms with Gasteiger partial charge < -0.3 is 9.47 Å². The molecule has 0 atom stereocenters. The fourth-order valence-electron chi connectivity index (χ4n) is 2.25. The van der Waals surface area contributed by atoms with E-state index in [1.165, 1.54) is 6.08 Å². The first kappa shape index (κ1) is 18.1. The first-order valence-corrected chi connectivity index (χ1v) is 8.26. The number of esters is 1. The number of carbonyl (C=O) groups excluding carboxylic acids is 1. The molecule has 0 unspecified atom stereocenters. The van der Waals surface area contributed by atoms with Crippen LogP contribution in [0.3, 0.4) is 0 Å². The normalized spacial score (nSPS) is 15.2. The van der Waals surface area contributed by atoms with Crippen LogP contribution in [0.15, 0.2) is 47.1 Å². The lowest BCUT2D eigenvalue weighted by molar-refractivity contribution is -0.129. The van der Waals surface area contributed by atoms with Gasteiger partial charge in [0.2, 0.25) is 5.90 Å². The molecule has 134 valence electrons. The molecule has 0 saturated carbocycles. The van der Waals surface area contributed by atoms with E-state index in [1.807, 2.05) is 6.92 Å². The number of nitrogens with zero attached hydrogens (tertiary/aromatic N) is 1. The summed E-state index contributed by atoms with van der Waals surface area (Å²) in [5.41, 5.74) is 0.746. The van der Waals surface area contributed by atoms with Gasteiger partial charge in [-0.25, -0.2) is 18.6 Å². The first-order chi connectivity index (χ1) is 12.5. The summed E-state index contributed by atoms with van der Waals surface area (Å²) in [6, 6.07) is 8.73. The zero-order valence-corrected chi connectivity index (χ0v) is 14.5. The lowest BCUT2D eigenvalue weighted by atomic mass is 10.2. The first-order valence-electron chi connectivity index (χ1n) is 7.88. The summed E-state index contributed by atoms with van der Waals surface area (Å²) in [6.45, 7) is 2.63. The van der Waals surface area contributed by atoms with Crippen LogP contribution in [0.25, 0.3) is 6.08 Å². The van der Waals surface area contributed by atoms with Gasteiger partial charge in [-0.15, -0.1) is 0 Å². The molecule has 0 aromatic heterocycles. The van der Waals surface area contributed by atoms with Gasteiger partial charge in [-0.3, -0.25) is 0 Å². The molecule has 2 aromatic rings. The number of benzene rings is 2. The topological polar surface area (TPSA) is 47.9 Å². The molecule has 26 heavy (non-hydrogen) atoms. The highest BCUT2D eigenvalue weighted by Gasteiger charge is 2.26. The highest BCUT2D eigenvalue weighted by molar-refractivity contribution is 6.34. The molecule has 0 N–H and O–H groups in total. The third-order valence-electron chi connectivity index (χ3n) is 3.52. The fourth-order valence-corrected chi connectivity index (χ4v) is 2.48. The van der Waals surface area contributed by atoms with E-state index in [9.17, 15) is 13.6 Å². The van der Waals surface area contributed by atoms with Gasteiger partial charge in [-0.1, -0.05) is 30.7 Å². The van der Waals surface area contributed by atoms with E-state index in [-0.39, 0.29) is 22.2 Å². The predicted octanol–water partition coefficient (Wildman–Crippen LogP) is 4.75. The van der Waals surface area contributed by atoms with Crippen molar-refractivity contribution in [2.75, 3.05) is 6.61 Å². The Bertz CT molecular complexity index is 908. The standard InChI is InChI=1S/C19H14ClF2NO3/c1-2-7-25-12-5-3-11(4-6-12)8-17-19(24)26-18(23-17)13-9-15(21)16(22)10-14(13)20/h3-6,8-10H,2,7H2,1H3/b17-8-. The molecule has 0 fully saturated rings. The summed E-state index contributed by atoms with van der Waals surface area (Å²) < 4.78 is 37.1. The highest BCUT2D eigenvalue weighted by atomic mass is 35.5. The van der Waals surface area contributed by atoms with Crippen LogP contribution in [0.2, 0.25) is 5.02 Å². The zero-order chi connectivity index (χ0) is 18.7. The van der Waals surface area contributed by atoms with Crippen molar-refractivity contribution in [1.29, 1.82) is 0 Å². The smallest absolute Gasteiger partial charge is 0.363 e. The van der Waals surface area contributed by atoms with E-state index < -0.39 is 17.6 Å². The lowest BCUT2D eigenvalue weighted by Gasteiger charge is -2.04. The monoisotopic (exact) mass is 377 g/mol. The van der Waals surface area contributed by atoms with Crippen LogP contribution < -0.4 is 4.74 Å². The third-order valence-corrected chi connectivity index (χ3v) is 3.83. The Morgan fingerprint density at radius 1 is 1.19 bits per heavy atom. The molecule has 7 heteroatoms. The van der Waals surface area contributed by atoms with Crippen LogP contribution in [-0.2, 0) is 9.53 Å². The summed E-state index contributed by atoms with van der Waals surface area (Å²) in [4.78, 5) is 16.0. The van der Waals surface area contributed by atoms with E-state index in [1.54, 1.807) is 24.3 Å². The molecule has 0 amide bonds. The third kappa shape index (κ3) is 3.91. The van der Waals surface area contributed by atoms with Crippen molar-refractivity contribution in [3.05, 3.63) is 69.9 Å². The molecule has 1 heterocycles. The van der Waals surface area contributed by atoms with Gasteiger partial charge in [-0.05, 0) is 42.3 Å². The van der Waals surface area contributed by atoms with E-state index in [2.05, 4.69) is 4.99 Å². The van der Waals surface area contributed by atoms with Crippen molar-refractivity contribution in [3.8, 4) is 5.75 Å². The average Bonchev–Trinajstić information content (AvgIpc) is 2.98. The van der Waals surface area contributed by atoms with Gasteiger partial charge in [0.05, 0.1) is 17.2 Å². The van der Waals surface area contributed by atoms with Gasteiger partial charge in [0.15, 0.2) is 17.3 Å². The molecule has 1 aliphatic rings. The van der Waals surface area contributed by atoms with E-state index in [0.717, 1.165) is 24.3 Å². The Labute approximate surface area is 153 Å². The number of cyclic esters (lactones) is 1. The summed E-state index contributed by atoms with van der Waals surface area (Å²) in [6.07, 6.45) is 2.42. The molecule has 0 bridgehead atoms. The second kappa shape index (κ2) is 7.66. The average molecular weight is 378 g/mol. The predicted molar refractivity (Wildman–Crippen MR) is 94.2 cm³/mol. The molecule has 0 radical (unpaired) electrons. The summed E-state index contributed by atoms with van der Waals surface area (Å²) in [7, 11) is 0. The van der Waals surface area contributed by atoms with Crippen molar-refractivity contribution >= 4 is 29.5 Å². The lowest BCUT2D eigenvalue weighted by Crippen LogP contribution is -2.07. The van der Waals surface area contributed by atoms with Crippen LogP contribution in [0.5, 0.6) is 5.75 Å². The molecule has 3 rings (SSSR count). The summed E-state index contributed by atoms with van der Waals surface area (Å²) in [5.74, 6) is -2.35. The summed E-state index contributed by atoms with van der Waals surface area (Å²) >= 11 is 5.88. The largest absolute Gasteiger partial charge is 0.494 e. The number of rotatable bonds is 5. The second-order valence-electron chi connectivity index (χ2n) is 5.50.